The van der Waals surface area contributed by atoms with Crippen LogP contribution in [0.4, 0.5) is 0 Å². The third kappa shape index (κ3) is 3.72. The Labute approximate surface area is 167 Å². The molecule has 1 aliphatic heterocycles. The van der Waals surface area contributed by atoms with Gasteiger partial charge in [-0.1, -0.05) is 29.8 Å². The van der Waals surface area contributed by atoms with Crippen molar-refractivity contribution in [1.82, 2.24) is 19.2 Å². The number of amides is 2. The third-order valence-electron chi connectivity index (χ3n) is 4.84. The summed E-state index contributed by atoms with van der Waals surface area (Å²) in [4.78, 5) is 33.0. The molecule has 2 amide bonds. The minimum Gasteiger partial charge on any atom is -0.335 e. The zero-order chi connectivity index (χ0) is 19.7. The topological polar surface area (TPSA) is 83.9 Å². The van der Waals surface area contributed by atoms with Gasteiger partial charge in [-0.2, -0.15) is 0 Å². The van der Waals surface area contributed by atoms with E-state index in [9.17, 15) is 9.59 Å². The lowest BCUT2D eigenvalue weighted by Crippen LogP contribution is -2.51. The first-order valence-electron chi connectivity index (χ1n) is 9.02. The van der Waals surface area contributed by atoms with E-state index in [1.165, 1.54) is 0 Å². The molecular weight excluding hydrogens is 378 g/mol. The van der Waals surface area contributed by atoms with Crippen molar-refractivity contribution in [2.75, 3.05) is 19.6 Å². The summed E-state index contributed by atoms with van der Waals surface area (Å²) >= 11 is 6.01. The number of carbonyl (C=O) groups excluding carboxylic acids is 2. The lowest BCUT2D eigenvalue weighted by molar-refractivity contribution is -0.135. The fourth-order valence-corrected chi connectivity index (χ4v) is 3.54. The van der Waals surface area contributed by atoms with Crippen LogP contribution in [0.2, 0.25) is 5.02 Å². The molecule has 0 unspecified atom stereocenters. The molecule has 1 aromatic carbocycles. The number of hydrogen-bond donors (Lipinski definition) is 1. The maximum absolute atomic E-state index is 12.8. The van der Waals surface area contributed by atoms with Crippen molar-refractivity contribution in [3.8, 4) is 0 Å². The lowest BCUT2D eigenvalue weighted by Gasteiger charge is -2.34. The molecule has 28 heavy (non-hydrogen) atoms. The highest BCUT2D eigenvalue weighted by atomic mass is 35.5. The van der Waals surface area contributed by atoms with Crippen molar-refractivity contribution in [1.29, 1.82) is 0 Å². The second kappa shape index (κ2) is 7.61. The van der Waals surface area contributed by atoms with Crippen molar-refractivity contribution in [3.05, 3.63) is 70.6 Å². The van der Waals surface area contributed by atoms with E-state index in [2.05, 4.69) is 4.98 Å². The second-order valence-corrected chi connectivity index (χ2v) is 7.24. The Morgan fingerprint density at radius 3 is 2.75 bits per heavy atom. The summed E-state index contributed by atoms with van der Waals surface area (Å²) in [6.07, 6.45) is 3.53. The fourth-order valence-electron chi connectivity index (χ4n) is 3.33. The van der Waals surface area contributed by atoms with E-state index in [-0.39, 0.29) is 18.4 Å². The highest BCUT2D eigenvalue weighted by Gasteiger charge is 2.29. The maximum atomic E-state index is 12.8. The first kappa shape index (κ1) is 18.5. The van der Waals surface area contributed by atoms with E-state index in [0.717, 1.165) is 11.1 Å². The van der Waals surface area contributed by atoms with Gasteiger partial charge in [0.25, 0.3) is 5.91 Å². The monoisotopic (exact) mass is 397 g/mol. The maximum Gasteiger partial charge on any atom is 0.274 e. The van der Waals surface area contributed by atoms with Crippen molar-refractivity contribution < 1.29 is 9.59 Å². The molecule has 0 atom stereocenters. The van der Waals surface area contributed by atoms with E-state index in [0.29, 0.717) is 42.5 Å². The number of pyridine rings is 1. The van der Waals surface area contributed by atoms with Crippen LogP contribution in [-0.2, 0) is 17.9 Å². The third-order valence-corrected chi connectivity index (χ3v) is 5.07. The molecule has 0 bridgehead atoms. The molecule has 4 rings (SSSR count). The van der Waals surface area contributed by atoms with Gasteiger partial charge in [0.05, 0.1) is 0 Å². The number of piperazine rings is 1. The molecule has 0 aliphatic carbocycles. The van der Waals surface area contributed by atoms with Crippen LogP contribution in [0.1, 0.15) is 21.6 Å². The van der Waals surface area contributed by atoms with Gasteiger partial charge in [0.2, 0.25) is 5.91 Å². The number of hydrogen-bond acceptors (Lipinski definition) is 4. The van der Waals surface area contributed by atoms with Gasteiger partial charge in [0, 0.05) is 43.6 Å². The van der Waals surface area contributed by atoms with Crippen molar-refractivity contribution in [3.63, 3.8) is 0 Å². The zero-order valence-electron chi connectivity index (χ0n) is 15.2. The Kier molecular flexibility index (Phi) is 5.02. The molecule has 0 spiro atoms. The number of fused-ring (bicyclic) bond motifs is 1. The zero-order valence-corrected chi connectivity index (χ0v) is 16.0. The van der Waals surface area contributed by atoms with Crippen LogP contribution in [0.3, 0.4) is 0 Å². The summed E-state index contributed by atoms with van der Waals surface area (Å²) in [5.74, 6) is -0.331. The molecule has 2 N–H and O–H groups in total. The van der Waals surface area contributed by atoms with E-state index >= 15 is 0 Å². The molecule has 7 nitrogen and oxygen atoms in total. The highest BCUT2D eigenvalue weighted by Crippen LogP contribution is 2.16. The van der Waals surface area contributed by atoms with E-state index in [1.807, 2.05) is 36.5 Å². The van der Waals surface area contributed by atoms with Crippen LogP contribution in [0.15, 0.2) is 48.8 Å². The summed E-state index contributed by atoms with van der Waals surface area (Å²) in [5, 5.41) is 0.642. The van der Waals surface area contributed by atoms with Gasteiger partial charge in [-0.05, 0) is 29.3 Å². The Hall–Kier alpha value is -2.90. The Morgan fingerprint density at radius 1 is 1.14 bits per heavy atom. The molecule has 1 aliphatic rings. The van der Waals surface area contributed by atoms with Crippen molar-refractivity contribution in [2.45, 2.75) is 13.1 Å². The van der Waals surface area contributed by atoms with Crippen LogP contribution >= 0.6 is 11.6 Å². The largest absolute Gasteiger partial charge is 0.335 e. The first-order chi connectivity index (χ1) is 13.5. The minimum absolute atomic E-state index is 0.0430. The van der Waals surface area contributed by atoms with E-state index in [4.69, 9.17) is 17.3 Å². The van der Waals surface area contributed by atoms with Crippen LogP contribution in [0.5, 0.6) is 0 Å². The number of imidazole rings is 1. The van der Waals surface area contributed by atoms with Gasteiger partial charge in [-0.25, -0.2) is 4.98 Å². The lowest BCUT2D eigenvalue weighted by atomic mass is 10.2. The van der Waals surface area contributed by atoms with Gasteiger partial charge in [-0.15, -0.1) is 0 Å². The summed E-state index contributed by atoms with van der Waals surface area (Å²) in [6, 6.07) is 11.2. The Balaban J connectivity index is 1.45. The molecular formula is C20H20ClN5O2. The number of halogens is 1. The van der Waals surface area contributed by atoms with Gasteiger partial charge < -0.3 is 19.9 Å². The number of rotatable bonds is 4. The number of benzene rings is 1. The average molecular weight is 398 g/mol. The SMILES string of the molecule is NCc1ccc2nc(C(=O)N3CCN(Cc4cccc(Cl)c4)C(=O)C3)cn2c1. The molecule has 0 saturated carbocycles. The van der Waals surface area contributed by atoms with Gasteiger partial charge in [0.1, 0.15) is 17.9 Å². The number of nitrogens with zero attached hydrogens (tertiary/aromatic N) is 4. The van der Waals surface area contributed by atoms with Crippen LogP contribution < -0.4 is 5.73 Å². The number of nitrogens with two attached hydrogens (primary N) is 1. The summed E-state index contributed by atoms with van der Waals surface area (Å²) in [7, 11) is 0. The molecule has 8 heteroatoms. The molecule has 2 aromatic heterocycles. The van der Waals surface area contributed by atoms with Crippen molar-refractivity contribution in [2.24, 2.45) is 5.73 Å². The molecule has 3 heterocycles. The van der Waals surface area contributed by atoms with E-state index in [1.54, 1.807) is 26.5 Å². The minimum atomic E-state index is -0.242. The predicted molar refractivity (Wildman–Crippen MR) is 106 cm³/mol. The molecule has 3 aromatic rings. The Bertz CT molecular complexity index is 1050. The second-order valence-electron chi connectivity index (χ2n) is 6.81. The van der Waals surface area contributed by atoms with Gasteiger partial charge >= 0.3 is 0 Å². The van der Waals surface area contributed by atoms with E-state index < -0.39 is 0 Å². The standard InChI is InChI=1S/C20H20ClN5O2/c21-16-3-1-2-14(8-16)10-24-6-7-25(13-19(24)27)20(28)17-12-26-11-15(9-22)4-5-18(26)23-17/h1-5,8,11-12H,6-7,9-10,13,22H2. The van der Waals surface area contributed by atoms with Gasteiger partial charge in [-0.3, -0.25) is 9.59 Å². The summed E-state index contributed by atoms with van der Waals surface area (Å²) in [6.45, 7) is 1.88. The fraction of sp³-hybridized carbons (Fsp3) is 0.250. The molecule has 0 radical (unpaired) electrons. The van der Waals surface area contributed by atoms with Gasteiger partial charge in [0.15, 0.2) is 0 Å². The smallest absolute Gasteiger partial charge is 0.274 e. The molecule has 144 valence electrons. The quantitative estimate of drug-likeness (QED) is 0.729. The predicted octanol–water partition coefficient (Wildman–Crippen LogP) is 1.93. The van der Waals surface area contributed by atoms with Crippen LogP contribution in [-0.4, -0.2) is 50.6 Å². The average Bonchev–Trinajstić information content (AvgIpc) is 3.12. The van der Waals surface area contributed by atoms with Crippen molar-refractivity contribution >= 4 is 29.1 Å². The molecule has 1 saturated heterocycles. The Morgan fingerprint density at radius 2 is 2.00 bits per heavy atom. The highest BCUT2D eigenvalue weighted by molar-refractivity contribution is 6.30. The number of aromatic nitrogens is 2. The summed E-state index contributed by atoms with van der Waals surface area (Å²) < 4.78 is 1.78. The summed E-state index contributed by atoms with van der Waals surface area (Å²) in [5.41, 5.74) is 8.58. The molecule has 1 fully saturated rings. The normalized spacial score (nSPS) is 14.7. The number of carbonyl (C=O) groups is 2. The van der Waals surface area contributed by atoms with Crippen LogP contribution in [0.25, 0.3) is 5.65 Å². The van der Waals surface area contributed by atoms with Crippen LogP contribution in [0, 0.1) is 0 Å². The first-order valence-corrected chi connectivity index (χ1v) is 9.40.